The van der Waals surface area contributed by atoms with Crippen LogP contribution in [0.15, 0.2) is 42.5 Å². The number of hydrogen-bond acceptors (Lipinski definition) is 2. The van der Waals surface area contributed by atoms with Gasteiger partial charge in [-0.1, -0.05) is 35.3 Å². The second kappa shape index (κ2) is 6.80. The summed E-state index contributed by atoms with van der Waals surface area (Å²) in [5, 5.41) is 4.64. The maximum Gasteiger partial charge on any atom is 0.0713 e. The molecule has 0 heterocycles. The molecule has 1 N–H and O–H groups in total. The predicted octanol–water partition coefficient (Wildman–Crippen LogP) is 4.75. The molecular weight excluding hydrogens is 281 g/mol. The Bertz CT molecular complexity index is 537. The van der Waals surface area contributed by atoms with Crippen molar-refractivity contribution in [1.29, 1.82) is 0 Å². The molecule has 0 saturated carbocycles. The summed E-state index contributed by atoms with van der Waals surface area (Å²) in [5.41, 5.74) is 3.23. The second-order valence-electron chi connectivity index (χ2n) is 4.26. The fourth-order valence-electron chi connectivity index (χ4n) is 1.85. The van der Waals surface area contributed by atoms with Crippen LogP contribution in [0.5, 0.6) is 0 Å². The van der Waals surface area contributed by atoms with E-state index in [1.54, 1.807) is 13.2 Å². The van der Waals surface area contributed by atoms with Crippen molar-refractivity contribution >= 4 is 28.9 Å². The second-order valence-corrected chi connectivity index (χ2v) is 5.14. The van der Waals surface area contributed by atoms with Gasteiger partial charge in [-0.05, 0) is 41.5 Å². The van der Waals surface area contributed by atoms with Gasteiger partial charge in [-0.15, -0.1) is 0 Å². The number of methoxy groups -OCH3 is 1. The molecule has 2 aromatic rings. The van der Waals surface area contributed by atoms with Crippen LogP contribution in [-0.4, -0.2) is 7.11 Å². The first-order valence-corrected chi connectivity index (χ1v) is 6.69. The molecule has 0 bridgehead atoms. The van der Waals surface area contributed by atoms with E-state index in [2.05, 4.69) is 11.4 Å². The SMILES string of the molecule is COCc1cccc(NCc2cc(Cl)cc(Cl)c2)c1. The Kier molecular flexibility index (Phi) is 5.08. The van der Waals surface area contributed by atoms with E-state index < -0.39 is 0 Å². The standard InChI is InChI=1S/C15H15Cl2NO/c1-19-10-11-3-2-4-15(7-11)18-9-12-5-13(16)8-14(17)6-12/h2-8,18H,9-10H2,1H3. The molecule has 0 fully saturated rings. The van der Waals surface area contributed by atoms with E-state index >= 15 is 0 Å². The third kappa shape index (κ3) is 4.43. The summed E-state index contributed by atoms with van der Waals surface area (Å²) < 4.78 is 5.11. The lowest BCUT2D eigenvalue weighted by Gasteiger charge is -2.09. The van der Waals surface area contributed by atoms with Gasteiger partial charge in [0.25, 0.3) is 0 Å². The number of rotatable bonds is 5. The van der Waals surface area contributed by atoms with Crippen molar-refractivity contribution in [2.45, 2.75) is 13.2 Å². The van der Waals surface area contributed by atoms with Crippen LogP contribution in [0.3, 0.4) is 0 Å². The van der Waals surface area contributed by atoms with Crippen LogP contribution in [-0.2, 0) is 17.9 Å². The molecule has 0 spiro atoms. The van der Waals surface area contributed by atoms with Crippen molar-refractivity contribution in [3.8, 4) is 0 Å². The summed E-state index contributed by atoms with van der Waals surface area (Å²) >= 11 is 11.9. The van der Waals surface area contributed by atoms with E-state index in [0.29, 0.717) is 23.2 Å². The van der Waals surface area contributed by atoms with Crippen LogP contribution in [0.1, 0.15) is 11.1 Å². The number of ether oxygens (including phenoxy) is 1. The molecule has 0 saturated heterocycles. The minimum Gasteiger partial charge on any atom is -0.381 e. The Hall–Kier alpha value is -1.22. The van der Waals surface area contributed by atoms with Gasteiger partial charge in [0.15, 0.2) is 0 Å². The van der Waals surface area contributed by atoms with Crippen LogP contribution < -0.4 is 5.32 Å². The molecule has 2 nitrogen and oxygen atoms in total. The van der Waals surface area contributed by atoms with Crippen LogP contribution in [0, 0.1) is 0 Å². The Morgan fingerprint density at radius 2 is 1.74 bits per heavy atom. The van der Waals surface area contributed by atoms with Gasteiger partial charge in [0, 0.05) is 29.4 Å². The molecule has 19 heavy (non-hydrogen) atoms. The third-order valence-corrected chi connectivity index (χ3v) is 3.09. The summed E-state index contributed by atoms with van der Waals surface area (Å²) in [4.78, 5) is 0. The van der Waals surface area contributed by atoms with Crippen molar-refractivity contribution in [3.63, 3.8) is 0 Å². The zero-order valence-corrected chi connectivity index (χ0v) is 12.1. The molecule has 0 atom stereocenters. The Labute approximate surface area is 123 Å². The molecule has 4 heteroatoms. The van der Waals surface area contributed by atoms with Crippen LogP contribution in [0.25, 0.3) is 0 Å². The highest BCUT2D eigenvalue weighted by atomic mass is 35.5. The van der Waals surface area contributed by atoms with E-state index in [0.717, 1.165) is 16.8 Å². The summed E-state index contributed by atoms with van der Waals surface area (Å²) in [7, 11) is 1.69. The minimum atomic E-state index is 0.610. The molecule has 0 radical (unpaired) electrons. The number of anilines is 1. The fourth-order valence-corrected chi connectivity index (χ4v) is 2.43. The van der Waals surface area contributed by atoms with E-state index in [4.69, 9.17) is 27.9 Å². The lowest BCUT2D eigenvalue weighted by Crippen LogP contribution is -2.00. The predicted molar refractivity (Wildman–Crippen MR) is 80.9 cm³/mol. The van der Waals surface area contributed by atoms with Crippen molar-refractivity contribution in [1.82, 2.24) is 0 Å². The quantitative estimate of drug-likeness (QED) is 0.859. The van der Waals surface area contributed by atoms with Gasteiger partial charge in [-0.2, -0.15) is 0 Å². The summed E-state index contributed by atoms with van der Waals surface area (Å²) in [6.07, 6.45) is 0. The van der Waals surface area contributed by atoms with Crippen molar-refractivity contribution in [3.05, 3.63) is 63.6 Å². The third-order valence-electron chi connectivity index (χ3n) is 2.66. The minimum absolute atomic E-state index is 0.610. The zero-order chi connectivity index (χ0) is 13.7. The van der Waals surface area contributed by atoms with Gasteiger partial charge in [0.05, 0.1) is 6.61 Å². The van der Waals surface area contributed by atoms with Crippen molar-refractivity contribution in [2.75, 3.05) is 12.4 Å². The molecule has 0 aromatic heterocycles. The topological polar surface area (TPSA) is 21.3 Å². The maximum absolute atomic E-state index is 5.97. The molecule has 0 aliphatic heterocycles. The zero-order valence-electron chi connectivity index (χ0n) is 10.6. The number of hydrogen-bond donors (Lipinski definition) is 1. The Morgan fingerprint density at radius 1 is 1.00 bits per heavy atom. The van der Waals surface area contributed by atoms with Gasteiger partial charge >= 0.3 is 0 Å². The molecule has 2 rings (SSSR count). The van der Waals surface area contributed by atoms with Crippen molar-refractivity contribution in [2.24, 2.45) is 0 Å². The monoisotopic (exact) mass is 295 g/mol. The average Bonchev–Trinajstić information content (AvgIpc) is 2.36. The molecule has 0 unspecified atom stereocenters. The lowest BCUT2D eigenvalue weighted by atomic mass is 10.2. The van der Waals surface area contributed by atoms with E-state index in [-0.39, 0.29) is 0 Å². The Balaban J connectivity index is 2.03. The summed E-state index contributed by atoms with van der Waals surface area (Å²) in [6, 6.07) is 13.7. The van der Waals surface area contributed by atoms with Gasteiger partial charge in [-0.3, -0.25) is 0 Å². The van der Waals surface area contributed by atoms with Crippen LogP contribution in [0.4, 0.5) is 5.69 Å². The lowest BCUT2D eigenvalue weighted by molar-refractivity contribution is 0.185. The highest BCUT2D eigenvalue weighted by molar-refractivity contribution is 6.34. The molecule has 100 valence electrons. The molecule has 0 aliphatic rings. The highest BCUT2D eigenvalue weighted by Gasteiger charge is 2.00. The molecular formula is C15H15Cl2NO. The van der Waals surface area contributed by atoms with E-state index in [1.807, 2.05) is 30.3 Å². The number of halogens is 2. The van der Waals surface area contributed by atoms with Gasteiger partial charge < -0.3 is 10.1 Å². The summed E-state index contributed by atoms with van der Waals surface area (Å²) in [5.74, 6) is 0. The van der Waals surface area contributed by atoms with E-state index in [1.165, 1.54) is 0 Å². The maximum atomic E-state index is 5.97. The number of benzene rings is 2. The fraction of sp³-hybridized carbons (Fsp3) is 0.200. The molecule has 0 aliphatic carbocycles. The average molecular weight is 296 g/mol. The Morgan fingerprint density at radius 3 is 2.42 bits per heavy atom. The van der Waals surface area contributed by atoms with Crippen LogP contribution in [0.2, 0.25) is 10.0 Å². The smallest absolute Gasteiger partial charge is 0.0713 e. The van der Waals surface area contributed by atoms with Gasteiger partial charge in [0.1, 0.15) is 0 Å². The first-order valence-electron chi connectivity index (χ1n) is 5.94. The van der Waals surface area contributed by atoms with Gasteiger partial charge in [0.2, 0.25) is 0 Å². The molecule has 2 aromatic carbocycles. The van der Waals surface area contributed by atoms with E-state index in [9.17, 15) is 0 Å². The van der Waals surface area contributed by atoms with Gasteiger partial charge in [-0.25, -0.2) is 0 Å². The summed E-state index contributed by atoms with van der Waals surface area (Å²) in [6.45, 7) is 1.29. The largest absolute Gasteiger partial charge is 0.381 e. The first kappa shape index (κ1) is 14.2. The normalized spacial score (nSPS) is 10.5. The molecule has 0 amide bonds. The number of nitrogens with one attached hydrogen (secondary N) is 1. The first-order chi connectivity index (χ1) is 9.17. The highest BCUT2D eigenvalue weighted by Crippen LogP contribution is 2.20. The van der Waals surface area contributed by atoms with Crippen LogP contribution >= 0.6 is 23.2 Å². The van der Waals surface area contributed by atoms with Crippen molar-refractivity contribution < 1.29 is 4.74 Å².